The Morgan fingerprint density at radius 2 is 1.54 bits per heavy atom. The maximum atomic E-state index is 14.2. The zero-order valence-corrected chi connectivity index (χ0v) is 17.6. The number of ether oxygens (including phenoxy) is 1. The predicted octanol–water partition coefficient (Wildman–Crippen LogP) is 6.74. The topological polar surface area (TPSA) is 26.3 Å². The van der Waals surface area contributed by atoms with Crippen molar-refractivity contribution >= 4 is 52.4 Å². The van der Waals surface area contributed by atoms with Crippen LogP contribution in [0.2, 0.25) is 0 Å². The van der Waals surface area contributed by atoms with E-state index in [4.69, 9.17) is 51.1 Å². The molecule has 1 fully saturated rings. The SMILES string of the molecule is CC1(C)[C@H](C=C(Cl)Cl)[C@H]1C(=O)OCc1c(F)c(F)c(CC(Cl)=CCl)c(F)c1F. The van der Waals surface area contributed by atoms with E-state index in [9.17, 15) is 22.4 Å². The maximum absolute atomic E-state index is 14.2. The lowest BCUT2D eigenvalue weighted by Crippen LogP contribution is -2.15. The van der Waals surface area contributed by atoms with E-state index in [1.54, 1.807) is 13.8 Å². The molecule has 0 radical (unpaired) electrons. The third kappa shape index (κ3) is 4.61. The summed E-state index contributed by atoms with van der Waals surface area (Å²) in [5.74, 6) is -8.40. The molecule has 10 heteroatoms. The number of hydrogen-bond donors (Lipinski definition) is 0. The minimum Gasteiger partial charge on any atom is -0.460 e. The molecule has 154 valence electrons. The van der Waals surface area contributed by atoms with E-state index in [0.717, 1.165) is 5.54 Å². The van der Waals surface area contributed by atoms with E-state index >= 15 is 0 Å². The van der Waals surface area contributed by atoms with Crippen LogP contribution in [-0.2, 0) is 22.6 Å². The third-order valence-corrected chi connectivity index (χ3v) is 5.61. The van der Waals surface area contributed by atoms with E-state index in [1.807, 2.05) is 0 Å². The Morgan fingerprint density at radius 3 is 2.00 bits per heavy atom. The molecule has 0 heterocycles. The van der Waals surface area contributed by atoms with Crippen LogP contribution in [0.5, 0.6) is 0 Å². The van der Waals surface area contributed by atoms with Crippen molar-refractivity contribution < 1.29 is 27.1 Å². The van der Waals surface area contributed by atoms with Gasteiger partial charge < -0.3 is 4.74 Å². The predicted molar refractivity (Wildman–Crippen MR) is 100 cm³/mol. The highest BCUT2D eigenvalue weighted by molar-refractivity contribution is 6.55. The second-order valence-corrected chi connectivity index (χ2v) is 8.55. The number of hydrogen-bond acceptors (Lipinski definition) is 2. The first kappa shape index (κ1) is 23.3. The standard InChI is InChI=1S/C18H14Cl4F4O2/c1-18(2)10(4-11(21)22)12(18)17(27)28-6-9-15(25)13(23)8(3-7(20)5-19)14(24)16(9)26/h4-5,10,12H,3,6H2,1-2H3/t10-,12+/m1/s1. The average Bonchev–Trinajstić information content (AvgIpc) is 3.15. The number of benzene rings is 1. The van der Waals surface area contributed by atoms with Gasteiger partial charge in [0, 0.05) is 22.6 Å². The fourth-order valence-electron chi connectivity index (χ4n) is 3.02. The van der Waals surface area contributed by atoms with Gasteiger partial charge in [0.25, 0.3) is 0 Å². The number of carbonyl (C=O) groups is 1. The molecule has 0 saturated heterocycles. The molecule has 0 N–H and O–H groups in total. The summed E-state index contributed by atoms with van der Waals surface area (Å²) >= 11 is 22.0. The number of rotatable bonds is 6. The van der Waals surface area contributed by atoms with E-state index in [0.29, 0.717) is 0 Å². The van der Waals surface area contributed by atoms with Gasteiger partial charge in [0.15, 0.2) is 23.3 Å². The number of halogens is 8. The highest BCUT2D eigenvalue weighted by atomic mass is 35.5. The Bertz CT molecular complexity index is 835. The smallest absolute Gasteiger partial charge is 0.310 e. The second kappa shape index (κ2) is 8.82. The normalized spacial score (nSPS) is 20.7. The minimum absolute atomic E-state index is 0.0325. The van der Waals surface area contributed by atoms with Crippen LogP contribution in [0.1, 0.15) is 25.0 Å². The molecule has 2 rings (SSSR count). The van der Waals surface area contributed by atoms with Gasteiger partial charge in [0.1, 0.15) is 11.1 Å². The summed E-state index contributed by atoms with van der Waals surface area (Å²) in [5, 5.41) is -0.217. The van der Waals surface area contributed by atoms with Gasteiger partial charge >= 0.3 is 5.97 Å². The summed E-state index contributed by atoms with van der Waals surface area (Å²) in [6, 6.07) is 0. The van der Waals surface area contributed by atoms with Crippen molar-refractivity contribution in [2.45, 2.75) is 26.9 Å². The molecule has 28 heavy (non-hydrogen) atoms. The van der Waals surface area contributed by atoms with Crippen molar-refractivity contribution in [1.29, 1.82) is 0 Å². The molecular formula is C18H14Cl4F4O2. The van der Waals surface area contributed by atoms with Gasteiger partial charge in [-0.15, -0.1) is 0 Å². The van der Waals surface area contributed by atoms with Gasteiger partial charge in [-0.25, -0.2) is 17.6 Å². The van der Waals surface area contributed by atoms with E-state index in [-0.39, 0.29) is 15.4 Å². The summed E-state index contributed by atoms with van der Waals surface area (Å²) in [7, 11) is 0. The summed E-state index contributed by atoms with van der Waals surface area (Å²) in [6.45, 7) is 2.52. The van der Waals surface area contributed by atoms with Crippen LogP contribution in [0.25, 0.3) is 0 Å². The first-order valence-corrected chi connectivity index (χ1v) is 9.48. The van der Waals surface area contributed by atoms with Crippen molar-refractivity contribution in [2.24, 2.45) is 17.3 Å². The quantitative estimate of drug-likeness (QED) is 0.256. The summed E-state index contributed by atoms with van der Waals surface area (Å²) < 4.78 is 61.5. The van der Waals surface area contributed by atoms with Crippen LogP contribution >= 0.6 is 46.4 Å². The Hall–Kier alpha value is -0.950. The fraction of sp³-hybridized carbons (Fsp3) is 0.389. The number of esters is 1. The molecule has 1 aromatic rings. The van der Waals surface area contributed by atoms with Crippen molar-refractivity contribution in [3.63, 3.8) is 0 Å². The lowest BCUT2D eigenvalue weighted by atomic mass is 10.1. The van der Waals surface area contributed by atoms with E-state index in [2.05, 4.69) is 0 Å². The van der Waals surface area contributed by atoms with Crippen molar-refractivity contribution in [1.82, 2.24) is 0 Å². The van der Waals surface area contributed by atoms with E-state index in [1.165, 1.54) is 6.08 Å². The first-order valence-electron chi connectivity index (χ1n) is 7.91. The average molecular weight is 480 g/mol. The Balaban J connectivity index is 2.22. The van der Waals surface area contributed by atoms with Crippen LogP contribution in [0.3, 0.4) is 0 Å². The van der Waals surface area contributed by atoms with Crippen LogP contribution in [0.15, 0.2) is 21.1 Å². The van der Waals surface area contributed by atoms with Gasteiger partial charge in [-0.2, -0.15) is 0 Å². The molecule has 0 amide bonds. The molecule has 0 aromatic heterocycles. The number of carbonyl (C=O) groups excluding carboxylic acids is 1. The maximum Gasteiger partial charge on any atom is 0.310 e. The zero-order chi connectivity index (χ0) is 21.4. The van der Waals surface area contributed by atoms with Crippen molar-refractivity contribution in [3.8, 4) is 0 Å². The molecule has 0 spiro atoms. The summed E-state index contributed by atoms with van der Waals surface area (Å²) in [6.07, 6.45) is 0.818. The van der Waals surface area contributed by atoms with E-state index < -0.39 is 64.7 Å². The second-order valence-electron chi connectivity index (χ2n) is 6.83. The zero-order valence-electron chi connectivity index (χ0n) is 14.6. The Morgan fingerprint density at radius 1 is 1.04 bits per heavy atom. The largest absolute Gasteiger partial charge is 0.460 e. The molecule has 1 aliphatic rings. The highest BCUT2D eigenvalue weighted by Gasteiger charge is 2.61. The highest BCUT2D eigenvalue weighted by Crippen LogP contribution is 2.60. The molecule has 1 aromatic carbocycles. The fourth-order valence-corrected chi connectivity index (χ4v) is 3.50. The Kier molecular flexibility index (Phi) is 7.35. The summed E-state index contributed by atoms with van der Waals surface area (Å²) in [5.41, 5.74) is -1.67. The molecule has 2 atom stereocenters. The van der Waals surface area contributed by atoms with Crippen molar-refractivity contribution in [3.05, 3.63) is 55.5 Å². The summed E-state index contributed by atoms with van der Waals surface area (Å²) in [4.78, 5) is 12.2. The molecule has 0 unspecified atom stereocenters. The molecule has 0 aliphatic heterocycles. The molecule has 1 saturated carbocycles. The molecule has 0 bridgehead atoms. The lowest BCUT2D eigenvalue weighted by molar-refractivity contribution is -0.147. The van der Waals surface area contributed by atoms with Gasteiger partial charge in [0.2, 0.25) is 0 Å². The van der Waals surface area contributed by atoms with Gasteiger partial charge in [0.05, 0.1) is 11.5 Å². The molecular weight excluding hydrogens is 466 g/mol. The molecule has 2 nitrogen and oxygen atoms in total. The van der Waals surface area contributed by atoms with Crippen LogP contribution in [0.4, 0.5) is 17.6 Å². The monoisotopic (exact) mass is 478 g/mol. The van der Waals surface area contributed by atoms with Crippen LogP contribution < -0.4 is 0 Å². The van der Waals surface area contributed by atoms with Crippen LogP contribution in [0, 0.1) is 40.5 Å². The first-order chi connectivity index (χ1) is 12.9. The van der Waals surface area contributed by atoms with Crippen molar-refractivity contribution in [2.75, 3.05) is 0 Å². The lowest BCUT2D eigenvalue weighted by Gasteiger charge is -2.12. The Labute approximate surface area is 179 Å². The molecule has 1 aliphatic carbocycles. The third-order valence-electron chi connectivity index (χ3n) is 4.74. The van der Waals surface area contributed by atoms with Crippen LogP contribution in [-0.4, -0.2) is 5.97 Å². The van der Waals surface area contributed by atoms with Gasteiger partial charge in [-0.3, -0.25) is 4.79 Å². The minimum atomic E-state index is -1.67. The van der Waals surface area contributed by atoms with Gasteiger partial charge in [-0.1, -0.05) is 60.3 Å². The van der Waals surface area contributed by atoms with Gasteiger partial charge in [-0.05, 0) is 17.4 Å². The number of allylic oxidation sites excluding steroid dienone is 2.